The number of nitrogens with zero attached hydrogens (tertiary/aromatic N) is 1. The van der Waals surface area contributed by atoms with Gasteiger partial charge in [0.2, 0.25) is 5.91 Å². The number of rotatable bonds is 4. The number of carbonyl (C=O) groups excluding carboxylic acids is 1. The molecule has 0 saturated carbocycles. The highest BCUT2D eigenvalue weighted by Crippen LogP contribution is 2.31. The normalized spacial score (nSPS) is 17.0. The lowest BCUT2D eigenvalue weighted by molar-refractivity contribution is -0.130. The number of aryl methyl sites for hydroxylation is 1. The molecule has 0 unspecified atom stereocenters. The monoisotopic (exact) mass is 331 g/mol. The van der Waals surface area contributed by atoms with E-state index in [4.69, 9.17) is 10.5 Å². The molecule has 23 heavy (non-hydrogen) atoms. The van der Waals surface area contributed by atoms with E-state index in [2.05, 4.69) is 10.3 Å². The van der Waals surface area contributed by atoms with Crippen molar-refractivity contribution in [3.05, 3.63) is 34.7 Å². The van der Waals surface area contributed by atoms with Crippen molar-refractivity contribution in [3.8, 4) is 11.3 Å². The Labute approximate surface area is 139 Å². The van der Waals surface area contributed by atoms with Crippen molar-refractivity contribution in [3.63, 3.8) is 0 Å². The van der Waals surface area contributed by atoms with Crippen molar-refractivity contribution in [2.75, 3.05) is 25.1 Å². The van der Waals surface area contributed by atoms with Gasteiger partial charge in [-0.2, -0.15) is 0 Å². The van der Waals surface area contributed by atoms with E-state index >= 15 is 0 Å². The third kappa shape index (κ3) is 3.44. The van der Waals surface area contributed by atoms with Gasteiger partial charge in [-0.15, -0.1) is 11.3 Å². The molecule has 3 N–H and O–H groups in total. The van der Waals surface area contributed by atoms with Crippen molar-refractivity contribution >= 4 is 22.9 Å². The summed E-state index contributed by atoms with van der Waals surface area (Å²) in [6.07, 6.45) is 1.34. The number of hydrogen-bond donors (Lipinski definition) is 2. The number of nitrogens with one attached hydrogen (secondary N) is 1. The van der Waals surface area contributed by atoms with E-state index in [0.29, 0.717) is 32.6 Å². The summed E-state index contributed by atoms with van der Waals surface area (Å²) in [7, 11) is 0. The van der Waals surface area contributed by atoms with E-state index in [0.717, 1.165) is 22.0 Å². The number of amides is 1. The predicted octanol–water partition coefficient (Wildman–Crippen LogP) is 2.81. The molecule has 0 spiro atoms. The summed E-state index contributed by atoms with van der Waals surface area (Å²) in [5, 5.41) is 6.07. The third-order valence-electron chi connectivity index (χ3n) is 4.38. The maximum Gasteiger partial charge on any atom is 0.232 e. The Balaban J connectivity index is 1.71. The Bertz CT molecular complexity index is 675. The molecule has 0 bridgehead atoms. The van der Waals surface area contributed by atoms with Gasteiger partial charge in [0.05, 0.1) is 16.1 Å². The van der Waals surface area contributed by atoms with E-state index in [9.17, 15) is 4.79 Å². The van der Waals surface area contributed by atoms with Crippen molar-refractivity contribution in [2.45, 2.75) is 19.8 Å². The first kappa shape index (κ1) is 16.1. The molecular weight excluding hydrogens is 310 g/mol. The van der Waals surface area contributed by atoms with Crippen LogP contribution >= 0.6 is 11.3 Å². The second-order valence-corrected chi connectivity index (χ2v) is 6.94. The molecule has 2 aromatic rings. The number of aromatic nitrogens is 1. The fourth-order valence-electron chi connectivity index (χ4n) is 2.77. The maximum atomic E-state index is 12.6. The molecule has 0 radical (unpaired) electrons. The molecule has 1 aromatic heterocycles. The number of carbonyl (C=O) groups is 1. The largest absolute Gasteiger partial charge is 0.381 e. The number of nitrogens with two attached hydrogens (primary N) is 1. The molecule has 5 nitrogen and oxygen atoms in total. The highest BCUT2D eigenvalue weighted by atomic mass is 32.1. The van der Waals surface area contributed by atoms with E-state index in [1.165, 1.54) is 0 Å². The minimum absolute atomic E-state index is 0.0134. The van der Waals surface area contributed by atoms with E-state index in [1.54, 1.807) is 11.3 Å². The number of hydrogen-bond acceptors (Lipinski definition) is 5. The number of benzene rings is 1. The zero-order chi connectivity index (χ0) is 16.3. The van der Waals surface area contributed by atoms with Crippen LogP contribution in [0.2, 0.25) is 0 Å². The lowest BCUT2D eigenvalue weighted by Gasteiger charge is -2.34. The molecule has 0 atom stereocenters. The molecule has 1 amide bonds. The predicted molar refractivity (Wildman–Crippen MR) is 92.5 cm³/mol. The fraction of sp³-hybridized carbons (Fsp3) is 0.412. The average Bonchev–Trinajstić information content (AvgIpc) is 3.02. The summed E-state index contributed by atoms with van der Waals surface area (Å²) in [6.45, 7) is 3.51. The van der Waals surface area contributed by atoms with Gasteiger partial charge in [0.15, 0.2) is 0 Å². The number of ether oxygens (including phenoxy) is 1. The van der Waals surface area contributed by atoms with Crippen LogP contribution in [0.4, 0.5) is 5.69 Å². The Hall–Kier alpha value is -1.76. The first-order valence-corrected chi connectivity index (χ1v) is 8.63. The molecule has 1 saturated heterocycles. The minimum Gasteiger partial charge on any atom is -0.381 e. The second kappa shape index (κ2) is 6.78. The van der Waals surface area contributed by atoms with E-state index in [1.807, 2.05) is 36.6 Å². The first-order valence-electron chi connectivity index (χ1n) is 7.75. The summed E-state index contributed by atoms with van der Waals surface area (Å²) < 4.78 is 5.35. The summed E-state index contributed by atoms with van der Waals surface area (Å²) in [5.74, 6) is -0.0134. The molecular formula is C17H21N3O2S. The molecule has 0 aliphatic carbocycles. The van der Waals surface area contributed by atoms with Gasteiger partial charge in [0.1, 0.15) is 0 Å². The zero-order valence-corrected chi connectivity index (χ0v) is 14.0. The lowest BCUT2D eigenvalue weighted by atomic mass is 9.79. The van der Waals surface area contributed by atoms with Crippen LogP contribution in [0.1, 0.15) is 17.8 Å². The first-order chi connectivity index (χ1) is 11.1. The van der Waals surface area contributed by atoms with Crippen LogP contribution in [0.15, 0.2) is 29.6 Å². The standard InChI is InChI=1S/C17H21N3O2S/c1-12-19-15(10-23-12)13-2-4-14(5-3-13)20-16(21)17(11-18)6-8-22-9-7-17/h2-5,10H,6-9,11,18H2,1H3,(H,20,21). The Kier molecular flexibility index (Phi) is 4.75. The Morgan fingerprint density at radius 3 is 2.61 bits per heavy atom. The lowest BCUT2D eigenvalue weighted by Crippen LogP contribution is -2.46. The number of thiazole rings is 1. The molecule has 1 fully saturated rings. The van der Waals surface area contributed by atoms with Crippen molar-refractivity contribution in [1.29, 1.82) is 0 Å². The van der Waals surface area contributed by atoms with Gasteiger partial charge < -0.3 is 15.8 Å². The van der Waals surface area contributed by atoms with Crippen LogP contribution in [0.25, 0.3) is 11.3 Å². The minimum atomic E-state index is -0.511. The van der Waals surface area contributed by atoms with Gasteiger partial charge in [-0.05, 0) is 31.9 Å². The molecule has 1 aliphatic heterocycles. The van der Waals surface area contributed by atoms with Gasteiger partial charge in [0, 0.05) is 36.4 Å². The van der Waals surface area contributed by atoms with Gasteiger partial charge >= 0.3 is 0 Å². The summed E-state index contributed by atoms with van der Waals surface area (Å²) in [5.41, 5.74) is 8.16. The van der Waals surface area contributed by atoms with Crippen LogP contribution < -0.4 is 11.1 Å². The molecule has 3 rings (SSSR count). The Morgan fingerprint density at radius 1 is 1.35 bits per heavy atom. The van der Waals surface area contributed by atoms with Crippen LogP contribution in [0.5, 0.6) is 0 Å². The maximum absolute atomic E-state index is 12.6. The summed E-state index contributed by atoms with van der Waals surface area (Å²) in [6, 6.07) is 7.77. The topological polar surface area (TPSA) is 77.2 Å². The molecule has 1 aromatic carbocycles. The van der Waals surface area contributed by atoms with Crippen LogP contribution in [0, 0.1) is 12.3 Å². The van der Waals surface area contributed by atoms with Gasteiger partial charge in [-0.3, -0.25) is 4.79 Å². The van der Waals surface area contributed by atoms with Crippen molar-refractivity contribution in [2.24, 2.45) is 11.1 Å². The smallest absolute Gasteiger partial charge is 0.232 e. The van der Waals surface area contributed by atoms with Crippen molar-refractivity contribution < 1.29 is 9.53 Å². The molecule has 1 aliphatic rings. The Morgan fingerprint density at radius 2 is 2.04 bits per heavy atom. The van der Waals surface area contributed by atoms with Gasteiger partial charge in [0.25, 0.3) is 0 Å². The molecule has 2 heterocycles. The SMILES string of the molecule is Cc1nc(-c2ccc(NC(=O)C3(CN)CCOCC3)cc2)cs1. The van der Waals surface area contributed by atoms with Gasteiger partial charge in [-0.25, -0.2) is 4.98 Å². The zero-order valence-electron chi connectivity index (χ0n) is 13.2. The summed E-state index contributed by atoms with van der Waals surface area (Å²) >= 11 is 1.63. The highest BCUT2D eigenvalue weighted by molar-refractivity contribution is 7.09. The average molecular weight is 331 g/mol. The van der Waals surface area contributed by atoms with E-state index in [-0.39, 0.29) is 5.91 Å². The van der Waals surface area contributed by atoms with Crippen LogP contribution in [0.3, 0.4) is 0 Å². The third-order valence-corrected chi connectivity index (χ3v) is 5.15. The van der Waals surface area contributed by atoms with Crippen LogP contribution in [-0.2, 0) is 9.53 Å². The molecule has 122 valence electrons. The molecule has 6 heteroatoms. The van der Waals surface area contributed by atoms with Gasteiger partial charge in [-0.1, -0.05) is 12.1 Å². The second-order valence-electron chi connectivity index (χ2n) is 5.88. The highest BCUT2D eigenvalue weighted by Gasteiger charge is 2.38. The summed E-state index contributed by atoms with van der Waals surface area (Å²) in [4.78, 5) is 17.1. The number of anilines is 1. The quantitative estimate of drug-likeness (QED) is 0.903. The van der Waals surface area contributed by atoms with Crippen LogP contribution in [-0.4, -0.2) is 30.6 Å². The van der Waals surface area contributed by atoms with Crippen molar-refractivity contribution in [1.82, 2.24) is 4.98 Å². The fourth-order valence-corrected chi connectivity index (χ4v) is 3.39. The van der Waals surface area contributed by atoms with E-state index < -0.39 is 5.41 Å².